The van der Waals surface area contributed by atoms with Gasteiger partial charge in [-0.3, -0.25) is 0 Å². The van der Waals surface area contributed by atoms with Crippen LogP contribution < -0.4 is 9.47 Å². The number of unbranched alkanes of at least 4 members (excludes halogenated alkanes) is 6. The van der Waals surface area contributed by atoms with E-state index in [1.165, 1.54) is 77.5 Å². The van der Waals surface area contributed by atoms with Gasteiger partial charge in [0.15, 0.2) is 0 Å². The molecule has 4 aromatic carbocycles. The second kappa shape index (κ2) is 14.6. The van der Waals surface area contributed by atoms with Crippen LogP contribution in [0.1, 0.15) is 87.8 Å². The van der Waals surface area contributed by atoms with E-state index < -0.39 is 0 Å². The molecule has 41 heavy (non-hydrogen) atoms. The maximum atomic E-state index is 6.07. The maximum absolute atomic E-state index is 6.07. The fourth-order valence-electron chi connectivity index (χ4n) is 5.85. The maximum Gasteiger partial charge on any atom is 0.119 e. The van der Waals surface area contributed by atoms with Gasteiger partial charge in [0.1, 0.15) is 11.5 Å². The third kappa shape index (κ3) is 7.09. The first kappa shape index (κ1) is 29.9. The Hall–Kier alpha value is -2.56. The van der Waals surface area contributed by atoms with Gasteiger partial charge in [0.25, 0.3) is 0 Å². The van der Waals surface area contributed by atoms with Gasteiger partial charge in [0, 0.05) is 20.4 Å². The fraction of sp³-hybridized carbons (Fsp3) is 0.351. The van der Waals surface area contributed by atoms with E-state index in [-0.39, 0.29) is 5.92 Å². The lowest BCUT2D eigenvalue weighted by molar-refractivity contribution is 0.305. The van der Waals surface area contributed by atoms with Crippen LogP contribution in [0.15, 0.2) is 87.8 Å². The molecule has 0 amide bonds. The number of halogens is 2. The van der Waals surface area contributed by atoms with Crippen molar-refractivity contribution >= 4 is 31.9 Å². The normalized spacial score (nSPS) is 13.6. The minimum Gasteiger partial charge on any atom is -0.494 e. The first-order valence-corrected chi connectivity index (χ1v) is 16.8. The second-order valence-electron chi connectivity index (χ2n) is 11.0. The molecule has 0 saturated carbocycles. The molecule has 1 atom stereocenters. The Morgan fingerprint density at radius 1 is 0.610 bits per heavy atom. The van der Waals surface area contributed by atoms with Crippen LogP contribution in [0.2, 0.25) is 0 Å². The quantitative estimate of drug-likeness (QED) is 0.109. The third-order valence-electron chi connectivity index (χ3n) is 7.99. The van der Waals surface area contributed by atoms with Gasteiger partial charge in [-0.15, -0.1) is 0 Å². The molecule has 0 fully saturated rings. The molecule has 0 spiro atoms. The molecular formula is C37H40Br2O2. The Morgan fingerprint density at radius 3 is 1.80 bits per heavy atom. The van der Waals surface area contributed by atoms with Crippen LogP contribution in [-0.4, -0.2) is 13.2 Å². The Kier molecular flexibility index (Phi) is 10.6. The Morgan fingerprint density at radius 2 is 1.20 bits per heavy atom. The lowest BCUT2D eigenvalue weighted by Crippen LogP contribution is -2.03. The van der Waals surface area contributed by atoms with Gasteiger partial charge in [0.2, 0.25) is 0 Å². The predicted molar refractivity (Wildman–Crippen MR) is 179 cm³/mol. The predicted octanol–water partition coefficient (Wildman–Crippen LogP) is 12.0. The molecule has 5 rings (SSSR count). The van der Waals surface area contributed by atoms with Gasteiger partial charge in [-0.1, -0.05) is 121 Å². The van der Waals surface area contributed by atoms with Crippen molar-refractivity contribution in [2.24, 2.45) is 0 Å². The first-order valence-electron chi connectivity index (χ1n) is 15.2. The highest BCUT2D eigenvalue weighted by atomic mass is 79.9. The molecule has 0 bridgehead atoms. The van der Waals surface area contributed by atoms with Gasteiger partial charge < -0.3 is 9.47 Å². The van der Waals surface area contributed by atoms with Gasteiger partial charge in [-0.25, -0.2) is 0 Å². The third-order valence-corrected chi connectivity index (χ3v) is 9.14. The Bertz CT molecular complexity index is 1430. The largest absolute Gasteiger partial charge is 0.494 e. The fourth-order valence-corrected chi connectivity index (χ4v) is 6.81. The number of ether oxygens (including phenoxy) is 2. The average molecular weight is 677 g/mol. The summed E-state index contributed by atoms with van der Waals surface area (Å²) < 4.78 is 14.3. The van der Waals surface area contributed by atoms with Gasteiger partial charge >= 0.3 is 0 Å². The zero-order chi connectivity index (χ0) is 28.6. The van der Waals surface area contributed by atoms with E-state index in [1.54, 1.807) is 0 Å². The smallest absolute Gasteiger partial charge is 0.119 e. The number of fused-ring (bicyclic) bond motifs is 3. The Labute approximate surface area is 262 Å². The summed E-state index contributed by atoms with van der Waals surface area (Å²) in [6.07, 6.45) is 9.67. The molecule has 214 valence electrons. The summed E-state index contributed by atoms with van der Waals surface area (Å²) in [7, 11) is 0. The standard InChI is InChI=1S/C37H40Br2O2/c1-3-5-7-9-23-40-29-16-11-26(12-17-29)35-33-25-28(38)15-20-31(33)32-21-22-34(39)36(37(32)35)27-13-18-30(19-14-27)41-24-10-8-6-4-2/h11-22,25,35H,3-10,23-24H2,1-2H3. The van der Waals surface area contributed by atoms with Crippen molar-refractivity contribution in [1.82, 2.24) is 0 Å². The lowest BCUT2D eigenvalue weighted by Gasteiger charge is -2.20. The summed E-state index contributed by atoms with van der Waals surface area (Å²) in [5.74, 6) is 2.00. The molecule has 2 nitrogen and oxygen atoms in total. The molecule has 0 N–H and O–H groups in total. The monoisotopic (exact) mass is 674 g/mol. The van der Waals surface area contributed by atoms with Crippen molar-refractivity contribution < 1.29 is 9.47 Å². The summed E-state index contributed by atoms with van der Waals surface area (Å²) in [6.45, 7) is 6.02. The lowest BCUT2D eigenvalue weighted by atomic mass is 9.85. The minimum atomic E-state index is 0.123. The molecule has 0 heterocycles. The molecule has 0 saturated heterocycles. The number of hydrogen-bond acceptors (Lipinski definition) is 2. The highest BCUT2D eigenvalue weighted by Gasteiger charge is 2.33. The van der Waals surface area contributed by atoms with Gasteiger partial charge in [0.05, 0.1) is 13.2 Å². The van der Waals surface area contributed by atoms with Crippen LogP contribution in [0.25, 0.3) is 22.3 Å². The highest BCUT2D eigenvalue weighted by molar-refractivity contribution is 9.10. The second-order valence-corrected chi connectivity index (χ2v) is 12.7. The van der Waals surface area contributed by atoms with Crippen molar-refractivity contribution in [3.63, 3.8) is 0 Å². The molecule has 1 unspecified atom stereocenters. The van der Waals surface area contributed by atoms with Crippen molar-refractivity contribution in [3.05, 3.63) is 104 Å². The van der Waals surface area contributed by atoms with Crippen LogP contribution in [0.3, 0.4) is 0 Å². The first-order chi connectivity index (χ1) is 20.1. The van der Waals surface area contributed by atoms with E-state index in [1.807, 2.05) is 0 Å². The molecule has 4 heteroatoms. The molecule has 1 aliphatic rings. The van der Waals surface area contributed by atoms with Crippen molar-refractivity contribution in [3.8, 4) is 33.8 Å². The summed E-state index contributed by atoms with van der Waals surface area (Å²) in [6, 6.07) is 28.5. The van der Waals surface area contributed by atoms with E-state index in [0.717, 1.165) is 46.5 Å². The van der Waals surface area contributed by atoms with Crippen LogP contribution in [0, 0.1) is 0 Å². The van der Waals surface area contributed by atoms with Crippen molar-refractivity contribution in [1.29, 1.82) is 0 Å². The van der Waals surface area contributed by atoms with E-state index in [9.17, 15) is 0 Å². The van der Waals surface area contributed by atoms with Gasteiger partial charge in [-0.05, 0) is 88.7 Å². The molecule has 0 aliphatic heterocycles. The zero-order valence-corrected chi connectivity index (χ0v) is 27.4. The van der Waals surface area contributed by atoms with E-state index in [4.69, 9.17) is 9.47 Å². The van der Waals surface area contributed by atoms with Crippen molar-refractivity contribution in [2.45, 2.75) is 71.1 Å². The summed E-state index contributed by atoms with van der Waals surface area (Å²) in [5, 5.41) is 0. The molecule has 1 aliphatic carbocycles. The number of benzene rings is 4. The van der Waals surface area contributed by atoms with Gasteiger partial charge in [-0.2, -0.15) is 0 Å². The zero-order valence-electron chi connectivity index (χ0n) is 24.2. The molecule has 0 aromatic heterocycles. The molecular weight excluding hydrogens is 636 g/mol. The highest BCUT2D eigenvalue weighted by Crippen LogP contribution is 2.54. The van der Waals surface area contributed by atoms with E-state index >= 15 is 0 Å². The van der Waals surface area contributed by atoms with Crippen LogP contribution in [0.5, 0.6) is 11.5 Å². The minimum absolute atomic E-state index is 0.123. The molecule has 4 aromatic rings. The van der Waals surface area contributed by atoms with E-state index in [2.05, 4.69) is 125 Å². The van der Waals surface area contributed by atoms with Crippen LogP contribution in [-0.2, 0) is 0 Å². The van der Waals surface area contributed by atoms with E-state index in [0.29, 0.717) is 0 Å². The number of rotatable bonds is 14. The Balaban J connectivity index is 1.45. The topological polar surface area (TPSA) is 18.5 Å². The van der Waals surface area contributed by atoms with Crippen molar-refractivity contribution in [2.75, 3.05) is 13.2 Å². The number of hydrogen-bond donors (Lipinski definition) is 0. The summed E-state index contributed by atoms with van der Waals surface area (Å²) >= 11 is 7.67. The summed E-state index contributed by atoms with van der Waals surface area (Å²) in [5.41, 5.74) is 8.96. The SMILES string of the molecule is CCCCCCOc1ccc(-c2c(Br)ccc3c2C(c2ccc(OCCCCCC)cc2)c2cc(Br)ccc2-3)cc1. The molecule has 0 radical (unpaired) electrons. The summed E-state index contributed by atoms with van der Waals surface area (Å²) in [4.78, 5) is 0. The average Bonchev–Trinajstić information content (AvgIpc) is 3.31. The van der Waals surface area contributed by atoms with Crippen LogP contribution >= 0.6 is 31.9 Å². The van der Waals surface area contributed by atoms with Crippen LogP contribution in [0.4, 0.5) is 0 Å².